The van der Waals surface area contributed by atoms with Gasteiger partial charge in [0.15, 0.2) is 0 Å². The van der Waals surface area contributed by atoms with E-state index in [0.717, 1.165) is 5.56 Å². The van der Waals surface area contributed by atoms with Crippen molar-refractivity contribution < 1.29 is 19.4 Å². The molecular weight excluding hydrogens is 308 g/mol. The second kappa shape index (κ2) is 6.58. The van der Waals surface area contributed by atoms with Gasteiger partial charge in [0.1, 0.15) is 11.3 Å². The van der Waals surface area contributed by atoms with Crippen LogP contribution in [0.25, 0.3) is 11.0 Å². The minimum Gasteiger partial charge on any atom is -0.508 e. The molecule has 5 heteroatoms. The summed E-state index contributed by atoms with van der Waals surface area (Å²) < 4.78 is 5.01. The minimum atomic E-state index is -0.919. The third-order valence-corrected chi connectivity index (χ3v) is 3.96. The zero-order chi connectivity index (χ0) is 17.1. The maximum atomic E-state index is 11.6. The largest absolute Gasteiger partial charge is 0.508 e. The van der Waals surface area contributed by atoms with Gasteiger partial charge in [-0.3, -0.25) is 4.79 Å². The third kappa shape index (κ3) is 3.46. The molecule has 122 valence electrons. The number of hydrogen-bond acceptors (Lipinski definition) is 4. The molecule has 3 rings (SSSR count). The highest BCUT2D eigenvalue weighted by atomic mass is 16.4. The lowest BCUT2D eigenvalue weighted by Crippen LogP contribution is -2.19. The molecule has 0 aliphatic heterocycles. The van der Waals surface area contributed by atoms with Gasteiger partial charge in [-0.15, -0.1) is 0 Å². The van der Waals surface area contributed by atoms with Crippen LogP contribution >= 0.6 is 0 Å². The van der Waals surface area contributed by atoms with Crippen LogP contribution in [0, 0.1) is 5.92 Å². The third-order valence-electron chi connectivity index (χ3n) is 3.96. The summed E-state index contributed by atoms with van der Waals surface area (Å²) in [7, 11) is 0. The number of carboxylic acids is 1. The molecule has 5 nitrogen and oxygen atoms in total. The van der Waals surface area contributed by atoms with Crippen molar-refractivity contribution in [2.24, 2.45) is 5.92 Å². The maximum absolute atomic E-state index is 11.6. The Hall–Kier alpha value is -3.08. The number of carboxylic acid groups (broad SMARTS) is 1. The molecule has 0 aliphatic rings. The normalized spacial score (nSPS) is 12.2. The summed E-state index contributed by atoms with van der Waals surface area (Å²) >= 11 is 0. The predicted octanol–water partition coefficient (Wildman–Crippen LogP) is 2.98. The van der Waals surface area contributed by atoms with E-state index in [0.29, 0.717) is 17.4 Å². The fourth-order valence-corrected chi connectivity index (χ4v) is 2.73. The van der Waals surface area contributed by atoms with Gasteiger partial charge in [0.25, 0.3) is 0 Å². The first-order valence-electron chi connectivity index (χ1n) is 7.55. The summed E-state index contributed by atoms with van der Waals surface area (Å²) in [5.41, 5.74) is 1.22. The lowest BCUT2D eigenvalue weighted by molar-refractivity contribution is -0.141. The average molecular weight is 324 g/mol. The molecule has 1 aromatic heterocycles. The van der Waals surface area contributed by atoms with E-state index >= 15 is 0 Å². The molecule has 0 amide bonds. The van der Waals surface area contributed by atoms with Crippen LogP contribution in [0.5, 0.6) is 5.75 Å². The number of phenols is 1. The summed E-state index contributed by atoms with van der Waals surface area (Å²) in [5, 5.41) is 20.3. The molecule has 1 atom stereocenters. The fourth-order valence-electron chi connectivity index (χ4n) is 2.73. The molecule has 0 fully saturated rings. The van der Waals surface area contributed by atoms with Gasteiger partial charge in [0.2, 0.25) is 0 Å². The van der Waals surface area contributed by atoms with Gasteiger partial charge in [0.05, 0.1) is 5.92 Å². The van der Waals surface area contributed by atoms with E-state index in [1.54, 1.807) is 12.1 Å². The van der Waals surface area contributed by atoms with Gasteiger partial charge >= 0.3 is 11.6 Å². The second-order valence-electron chi connectivity index (χ2n) is 5.70. The van der Waals surface area contributed by atoms with Crippen molar-refractivity contribution in [3.8, 4) is 5.75 Å². The molecule has 0 saturated heterocycles. The van der Waals surface area contributed by atoms with Crippen LogP contribution in [0.1, 0.15) is 11.1 Å². The van der Waals surface area contributed by atoms with Gasteiger partial charge in [-0.2, -0.15) is 0 Å². The zero-order valence-corrected chi connectivity index (χ0v) is 12.8. The standard InChI is InChI=1S/C19H16O5/c20-16-11-17-13(6-7-18(21)24-17)9-14(16)10-15(19(22)23)8-12-4-2-1-3-5-12/h1-7,9,11,15,20H,8,10H2,(H,22,23). The first-order valence-corrected chi connectivity index (χ1v) is 7.55. The van der Waals surface area contributed by atoms with Gasteiger partial charge in [-0.1, -0.05) is 30.3 Å². The highest BCUT2D eigenvalue weighted by Gasteiger charge is 2.20. The fraction of sp³-hybridized carbons (Fsp3) is 0.158. The number of hydrogen-bond donors (Lipinski definition) is 2. The van der Waals surface area contributed by atoms with Crippen molar-refractivity contribution in [3.05, 3.63) is 76.1 Å². The Bertz CT molecular complexity index is 927. The van der Waals surface area contributed by atoms with E-state index < -0.39 is 17.5 Å². The monoisotopic (exact) mass is 324 g/mol. The van der Waals surface area contributed by atoms with Gasteiger partial charge < -0.3 is 14.6 Å². The van der Waals surface area contributed by atoms with Crippen molar-refractivity contribution in [1.29, 1.82) is 0 Å². The van der Waals surface area contributed by atoms with Crippen LogP contribution in [-0.4, -0.2) is 16.2 Å². The first-order chi connectivity index (χ1) is 11.5. The van der Waals surface area contributed by atoms with E-state index in [-0.39, 0.29) is 17.8 Å². The van der Waals surface area contributed by atoms with Crippen LogP contribution in [0.4, 0.5) is 0 Å². The molecule has 2 aromatic carbocycles. The number of aromatic hydroxyl groups is 1. The number of carbonyl (C=O) groups is 1. The number of benzene rings is 2. The van der Waals surface area contributed by atoms with E-state index in [4.69, 9.17) is 4.42 Å². The Morgan fingerprint density at radius 1 is 1.04 bits per heavy atom. The highest BCUT2D eigenvalue weighted by molar-refractivity contribution is 5.79. The van der Waals surface area contributed by atoms with Crippen molar-refractivity contribution >= 4 is 16.9 Å². The van der Waals surface area contributed by atoms with E-state index in [2.05, 4.69) is 0 Å². The maximum Gasteiger partial charge on any atom is 0.336 e. The SMILES string of the molecule is O=C(O)C(Cc1ccccc1)Cc1cc2ccc(=O)oc2cc1O. The average Bonchev–Trinajstić information content (AvgIpc) is 2.56. The summed E-state index contributed by atoms with van der Waals surface area (Å²) in [6.07, 6.45) is 0.558. The molecule has 1 heterocycles. The summed E-state index contributed by atoms with van der Waals surface area (Å²) in [6, 6.07) is 15.3. The van der Waals surface area contributed by atoms with Gasteiger partial charge in [0, 0.05) is 17.5 Å². The summed E-state index contributed by atoms with van der Waals surface area (Å²) in [6.45, 7) is 0. The molecule has 0 radical (unpaired) electrons. The Morgan fingerprint density at radius 3 is 2.50 bits per heavy atom. The predicted molar refractivity (Wildman–Crippen MR) is 89.1 cm³/mol. The van der Waals surface area contributed by atoms with E-state index in [1.807, 2.05) is 30.3 Å². The molecule has 0 spiro atoms. The second-order valence-corrected chi connectivity index (χ2v) is 5.70. The van der Waals surface area contributed by atoms with Gasteiger partial charge in [-0.25, -0.2) is 4.79 Å². The number of phenolic OH excluding ortho intramolecular Hbond substituents is 1. The topological polar surface area (TPSA) is 87.7 Å². The smallest absolute Gasteiger partial charge is 0.336 e. The van der Waals surface area contributed by atoms with Crippen LogP contribution in [-0.2, 0) is 17.6 Å². The van der Waals surface area contributed by atoms with Crippen molar-refractivity contribution in [1.82, 2.24) is 0 Å². The molecule has 1 unspecified atom stereocenters. The molecule has 0 bridgehead atoms. The van der Waals surface area contributed by atoms with Crippen LogP contribution in [0.3, 0.4) is 0 Å². The zero-order valence-electron chi connectivity index (χ0n) is 12.8. The number of fused-ring (bicyclic) bond motifs is 1. The Labute approximate surface area is 137 Å². The van der Waals surface area contributed by atoms with E-state index in [1.165, 1.54) is 12.1 Å². The van der Waals surface area contributed by atoms with Crippen LogP contribution < -0.4 is 5.63 Å². The Balaban J connectivity index is 1.90. The van der Waals surface area contributed by atoms with Crippen LogP contribution in [0.2, 0.25) is 0 Å². The van der Waals surface area contributed by atoms with Crippen molar-refractivity contribution in [2.75, 3.05) is 0 Å². The lowest BCUT2D eigenvalue weighted by atomic mass is 9.92. The molecule has 0 aliphatic carbocycles. The number of rotatable bonds is 5. The molecule has 3 aromatic rings. The summed E-state index contributed by atoms with van der Waals surface area (Å²) in [5.74, 6) is -1.65. The van der Waals surface area contributed by atoms with E-state index in [9.17, 15) is 19.8 Å². The van der Waals surface area contributed by atoms with Crippen molar-refractivity contribution in [3.63, 3.8) is 0 Å². The minimum absolute atomic E-state index is 0.0730. The van der Waals surface area contributed by atoms with Crippen molar-refractivity contribution in [2.45, 2.75) is 12.8 Å². The molecular formula is C19H16O5. The quantitative estimate of drug-likeness (QED) is 0.704. The molecule has 2 N–H and O–H groups in total. The molecule has 24 heavy (non-hydrogen) atoms. The Morgan fingerprint density at radius 2 is 1.79 bits per heavy atom. The van der Waals surface area contributed by atoms with Gasteiger partial charge in [-0.05, 0) is 36.1 Å². The molecule has 0 saturated carbocycles. The van der Waals surface area contributed by atoms with Crippen LogP contribution in [0.15, 0.2) is 63.8 Å². The first kappa shape index (κ1) is 15.8. The summed E-state index contributed by atoms with van der Waals surface area (Å²) in [4.78, 5) is 22.8. The lowest BCUT2D eigenvalue weighted by Gasteiger charge is -2.14. The Kier molecular flexibility index (Phi) is 4.33. The highest BCUT2D eigenvalue weighted by Crippen LogP contribution is 2.27. The number of aliphatic carboxylic acids is 1.